The van der Waals surface area contributed by atoms with Gasteiger partial charge in [-0.1, -0.05) is 6.92 Å². The van der Waals surface area contributed by atoms with E-state index in [1.54, 1.807) is 0 Å². The highest BCUT2D eigenvalue weighted by Crippen LogP contribution is 2.28. The average molecular weight is 215 g/mol. The lowest BCUT2D eigenvalue weighted by molar-refractivity contribution is -0.162. The summed E-state index contributed by atoms with van der Waals surface area (Å²) in [6, 6.07) is 0.557. The van der Waals surface area contributed by atoms with Crippen molar-refractivity contribution in [2.45, 2.75) is 44.8 Å². The third-order valence-electron chi connectivity index (χ3n) is 2.71. The van der Waals surface area contributed by atoms with Gasteiger partial charge in [0.05, 0.1) is 7.11 Å². The number of aliphatic hydroxyl groups is 1. The van der Waals surface area contributed by atoms with Crippen LogP contribution in [0, 0.1) is 0 Å². The van der Waals surface area contributed by atoms with Crippen molar-refractivity contribution in [3.05, 3.63) is 0 Å². The topological polar surface area (TPSA) is 49.8 Å². The number of methoxy groups -OCH3 is 1. The van der Waals surface area contributed by atoms with Crippen molar-refractivity contribution in [2.24, 2.45) is 0 Å². The molecule has 0 aromatic carbocycles. The number of ether oxygens (including phenoxy) is 1. The van der Waals surface area contributed by atoms with Gasteiger partial charge in [-0.2, -0.15) is 0 Å². The van der Waals surface area contributed by atoms with Crippen LogP contribution >= 0.6 is 0 Å². The molecule has 1 N–H and O–H groups in total. The molecule has 1 unspecified atom stereocenters. The van der Waals surface area contributed by atoms with Crippen LogP contribution in [0.1, 0.15) is 33.1 Å². The molecule has 4 nitrogen and oxygen atoms in total. The number of nitrogens with zero attached hydrogens (tertiary/aromatic N) is 1. The lowest BCUT2D eigenvalue weighted by Crippen LogP contribution is -2.48. The Morgan fingerprint density at radius 1 is 1.60 bits per heavy atom. The molecule has 0 saturated heterocycles. The van der Waals surface area contributed by atoms with Gasteiger partial charge in [0.2, 0.25) is 0 Å². The van der Waals surface area contributed by atoms with E-state index < -0.39 is 11.6 Å². The SMILES string of the molecule is CCCN(CC(C)(O)C(=O)OC)C1CC1. The zero-order valence-electron chi connectivity index (χ0n) is 9.82. The van der Waals surface area contributed by atoms with Crippen LogP contribution in [0.3, 0.4) is 0 Å². The van der Waals surface area contributed by atoms with Crippen LogP contribution in [0.4, 0.5) is 0 Å². The van der Waals surface area contributed by atoms with Crippen molar-refractivity contribution < 1.29 is 14.6 Å². The highest BCUT2D eigenvalue weighted by molar-refractivity contribution is 5.78. The van der Waals surface area contributed by atoms with Crippen molar-refractivity contribution in [2.75, 3.05) is 20.2 Å². The van der Waals surface area contributed by atoms with E-state index in [1.807, 2.05) is 0 Å². The summed E-state index contributed by atoms with van der Waals surface area (Å²) in [6.07, 6.45) is 3.39. The van der Waals surface area contributed by atoms with E-state index in [4.69, 9.17) is 0 Å². The Hall–Kier alpha value is -0.610. The molecule has 1 atom stereocenters. The summed E-state index contributed by atoms with van der Waals surface area (Å²) in [7, 11) is 1.30. The molecule has 4 heteroatoms. The maximum Gasteiger partial charge on any atom is 0.338 e. The van der Waals surface area contributed by atoms with Crippen molar-refractivity contribution in [1.29, 1.82) is 0 Å². The molecule has 1 fully saturated rings. The predicted octanol–water partition coefficient (Wildman–Crippen LogP) is 0.785. The Labute approximate surface area is 91.2 Å². The van der Waals surface area contributed by atoms with E-state index in [9.17, 15) is 9.90 Å². The molecular weight excluding hydrogens is 194 g/mol. The highest BCUT2D eigenvalue weighted by atomic mass is 16.5. The summed E-state index contributed by atoms with van der Waals surface area (Å²) in [5.41, 5.74) is -1.38. The Balaban J connectivity index is 2.51. The summed E-state index contributed by atoms with van der Waals surface area (Å²) in [5.74, 6) is -0.552. The van der Waals surface area contributed by atoms with E-state index in [2.05, 4.69) is 16.6 Å². The minimum Gasteiger partial charge on any atom is -0.467 e. The molecule has 0 aromatic rings. The first-order valence-electron chi connectivity index (χ1n) is 5.56. The fourth-order valence-corrected chi connectivity index (χ4v) is 1.80. The summed E-state index contributed by atoms with van der Waals surface area (Å²) in [4.78, 5) is 13.5. The normalized spacial score (nSPS) is 20.1. The number of carbonyl (C=O) groups is 1. The molecule has 15 heavy (non-hydrogen) atoms. The van der Waals surface area contributed by atoms with E-state index in [1.165, 1.54) is 26.9 Å². The first-order chi connectivity index (χ1) is 7.01. The third kappa shape index (κ3) is 3.47. The molecule has 1 aliphatic carbocycles. The van der Waals surface area contributed by atoms with Crippen molar-refractivity contribution in [1.82, 2.24) is 4.90 Å². The van der Waals surface area contributed by atoms with Crippen molar-refractivity contribution >= 4 is 5.97 Å². The average Bonchev–Trinajstić information content (AvgIpc) is 2.98. The first kappa shape index (κ1) is 12.5. The largest absolute Gasteiger partial charge is 0.467 e. The maximum atomic E-state index is 11.3. The summed E-state index contributed by atoms with van der Waals surface area (Å²) in [5, 5.41) is 9.94. The molecule has 1 aliphatic rings. The minimum absolute atomic E-state index is 0.373. The summed E-state index contributed by atoms with van der Waals surface area (Å²) >= 11 is 0. The highest BCUT2D eigenvalue weighted by Gasteiger charge is 2.38. The zero-order valence-corrected chi connectivity index (χ0v) is 9.82. The lowest BCUT2D eigenvalue weighted by Gasteiger charge is -2.29. The summed E-state index contributed by atoms with van der Waals surface area (Å²) in [6.45, 7) is 4.92. The van der Waals surface area contributed by atoms with Crippen LogP contribution in [-0.4, -0.2) is 47.8 Å². The predicted molar refractivity (Wildman–Crippen MR) is 57.5 cm³/mol. The second-order valence-electron chi connectivity index (χ2n) is 4.47. The molecule has 0 bridgehead atoms. The van der Waals surface area contributed by atoms with Crippen molar-refractivity contribution in [3.8, 4) is 0 Å². The number of esters is 1. The van der Waals surface area contributed by atoms with Gasteiger partial charge in [-0.15, -0.1) is 0 Å². The van der Waals surface area contributed by atoms with E-state index in [-0.39, 0.29) is 0 Å². The molecule has 0 aliphatic heterocycles. The first-order valence-corrected chi connectivity index (χ1v) is 5.56. The van der Waals surface area contributed by atoms with Crippen LogP contribution in [-0.2, 0) is 9.53 Å². The maximum absolute atomic E-state index is 11.3. The van der Waals surface area contributed by atoms with Crippen LogP contribution in [0.15, 0.2) is 0 Å². The quantitative estimate of drug-likeness (QED) is 0.665. The lowest BCUT2D eigenvalue weighted by atomic mass is 10.1. The van der Waals surface area contributed by atoms with Gasteiger partial charge >= 0.3 is 5.97 Å². The van der Waals surface area contributed by atoms with Gasteiger partial charge in [0.15, 0.2) is 5.60 Å². The summed E-state index contributed by atoms with van der Waals surface area (Å²) < 4.78 is 4.58. The van der Waals surface area contributed by atoms with E-state index >= 15 is 0 Å². The smallest absolute Gasteiger partial charge is 0.338 e. The van der Waals surface area contributed by atoms with Gasteiger partial charge in [-0.05, 0) is 32.7 Å². The zero-order chi connectivity index (χ0) is 11.5. The van der Waals surface area contributed by atoms with Gasteiger partial charge in [-0.3, -0.25) is 4.90 Å². The Morgan fingerprint density at radius 3 is 2.60 bits per heavy atom. The standard InChI is InChI=1S/C11H21NO3/c1-4-7-12(9-5-6-9)8-11(2,14)10(13)15-3/h9,14H,4-8H2,1-3H3. The molecule has 0 radical (unpaired) electrons. The van der Waals surface area contributed by atoms with Crippen molar-refractivity contribution in [3.63, 3.8) is 0 Å². The van der Waals surface area contributed by atoms with Gasteiger partial charge < -0.3 is 9.84 Å². The van der Waals surface area contributed by atoms with Crippen LogP contribution < -0.4 is 0 Å². The Morgan fingerprint density at radius 2 is 2.20 bits per heavy atom. The molecule has 0 spiro atoms. The minimum atomic E-state index is -1.38. The fourth-order valence-electron chi connectivity index (χ4n) is 1.80. The number of hydrogen-bond donors (Lipinski definition) is 1. The molecule has 0 amide bonds. The van der Waals surface area contributed by atoms with Gasteiger partial charge in [0, 0.05) is 12.6 Å². The Kier molecular flexibility index (Phi) is 4.11. The van der Waals surface area contributed by atoms with Gasteiger partial charge in [0.1, 0.15) is 0 Å². The monoisotopic (exact) mass is 215 g/mol. The second kappa shape index (κ2) is 4.94. The second-order valence-corrected chi connectivity index (χ2v) is 4.47. The van der Waals surface area contributed by atoms with Crippen LogP contribution in [0.25, 0.3) is 0 Å². The Bertz CT molecular complexity index is 224. The molecule has 1 rings (SSSR count). The number of rotatable bonds is 6. The fraction of sp³-hybridized carbons (Fsp3) is 0.909. The van der Waals surface area contributed by atoms with Crippen LogP contribution in [0.2, 0.25) is 0 Å². The van der Waals surface area contributed by atoms with E-state index in [0.29, 0.717) is 12.6 Å². The van der Waals surface area contributed by atoms with Gasteiger partial charge in [-0.25, -0.2) is 4.79 Å². The molecular formula is C11H21NO3. The van der Waals surface area contributed by atoms with Gasteiger partial charge in [0.25, 0.3) is 0 Å². The van der Waals surface area contributed by atoms with E-state index in [0.717, 1.165) is 13.0 Å². The third-order valence-corrected chi connectivity index (χ3v) is 2.71. The molecule has 0 aromatic heterocycles. The number of carbonyl (C=O) groups excluding carboxylic acids is 1. The molecule has 0 heterocycles. The molecule has 88 valence electrons. The molecule has 1 saturated carbocycles. The van der Waals surface area contributed by atoms with Crippen LogP contribution in [0.5, 0.6) is 0 Å². The number of hydrogen-bond acceptors (Lipinski definition) is 4.